The molecular weight excluding hydrogens is 346 g/mol. The Morgan fingerprint density at radius 1 is 1.30 bits per heavy atom. The first kappa shape index (κ1) is 18.4. The number of likely N-dealkylation sites (N-methyl/N-ethyl adjacent to an activating group) is 1. The number of carbonyl (C=O) groups is 1. The zero-order valence-corrected chi connectivity index (χ0v) is 16.0. The van der Waals surface area contributed by atoms with Crippen molar-refractivity contribution in [2.75, 3.05) is 44.6 Å². The summed E-state index contributed by atoms with van der Waals surface area (Å²) in [5, 5.41) is 3.25. The van der Waals surface area contributed by atoms with Crippen LogP contribution < -0.4 is 5.32 Å². The molecule has 3 fully saturated rings. The molecule has 1 aromatic heterocycles. The number of piperidine rings is 1. The Morgan fingerprint density at radius 2 is 2.07 bits per heavy atom. The fourth-order valence-corrected chi connectivity index (χ4v) is 4.11. The third kappa shape index (κ3) is 4.32. The number of anilines is 1. The second-order valence-electron chi connectivity index (χ2n) is 7.77. The van der Waals surface area contributed by atoms with Gasteiger partial charge in [-0.2, -0.15) is 0 Å². The van der Waals surface area contributed by atoms with Gasteiger partial charge < -0.3 is 19.7 Å². The van der Waals surface area contributed by atoms with Crippen molar-refractivity contribution >= 4 is 12.0 Å². The number of carbonyl (C=O) groups excluding carboxylic acids is 1. The lowest BCUT2D eigenvalue weighted by molar-refractivity contribution is -0.00126. The molecule has 8 heteroatoms. The average molecular weight is 375 g/mol. The van der Waals surface area contributed by atoms with Crippen LogP contribution in [-0.2, 0) is 16.0 Å². The number of ether oxygens (including phenoxy) is 2. The van der Waals surface area contributed by atoms with Gasteiger partial charge in [-0.05, 0) is 19.8 Å². The van der Waals surface area contributed by atoms with Crippen LogP contribution in [0.3, 0.4) is 0 Å². The minimum atomic E-state index is -0.282. The van der Waals surface area contributed by atoms with E-state index in [4.69, 9.17) is 9.47 Å². The minimum absolute atomic E-state index is 0.162. The van der Waals surface area contributed by atoms with Gasteiger partial charge in [0.1, 0.15) is 5.60 Å². The lowest BCUT2D eigenvalue weighted by Gasteiger charge is -2.37. The van der Waals surface area contributed by atoms with Crippen LogP contribution in [0.1, 0.15) is 38.2 Å². The molecule has 0 aliphatic carbocycles. The van der Waals surface area contributed by atoms with E-state index in [9.17, 15) is 4.79 Å². The second kappa shape index (κ2) is 7.98. The maximum absolute atomic E-state index is 11.9. The van der Waals surface area contributed by atoms with E-state index < -0.39 is 0 Å². The van der Waals surface area contributed by atoms with Crippen molar-refractivity contribution in [2.45, 2.75) is 50.9 Å². The number of amides is 1. The fraction of sp³-hybridized carbons (Fsp3) is 0.737. The van der Waals surface area contributed by atoms with Gasteiger partial charge in [0.2, 0.25) is 5.95 Å². The van der Waals surface area contributed by atoms with Crippen LogP contribution >= 0.6 is 0 Å². The van der Waals surface area contributed by atoms with E-state index in [1.54, 1.807) is 4.90 Å². The van der Waals surface area contributed by atoms with Crippen LogP contribution in [0.15, 0.2) is 12.4 Å². The number of hydrogen-bond donors (Lipinski definition) is 1. The lowest BCUT2D eigenvalue weighted by atomic mass is 9.91. The molecule has 1 atom stereocenters. The minimum Gasteiger partial charge on any atom is -0.441 e. The standard InChI is InChI=1S/C19H29N5O3/c1-2-24-14-19(27-18(24)25)5-7-23(8-6-19)13-15-10-20-17(21-11-15)22-12-16-4-3-9-26-16/h10-11,16H,2-9,12-14H2,1H3,(H,20,21,22)/t16-/m0/s1. The highest BCUT2D eigenvalue weighted by molar-refractivity contribution is 5.70. The Morgan fingerprint density at radius 3 is 2.70 bits per heavy atom. The molecule has 0 bridgehead atoms. The van der Waals surface area contributed by atoms with E-state index in [-0.39, 0.29) is 17.8 Å². The highest BCUT2D eigenvalue weighted by Crippen LogP contribution is 2.33. The molecule has 4 heterocycles. The zero-order chi connectivity index (χ0) is 18.7. The van der Waals surface area contributed by atoms with Crippen LogP contribution in [0, 0.1) is 0 Å². The van der Waals surface area contributed by atoms with Gasteiger partial charge in [-0.25, -0.2) is 14.8 Å². The predicted molar refractivity (Wildman–Crippen MR) is 100 cm³/mol. The summed E-state index contributed by atoms with van der Waals surface area (Å²) in [6.07, 6.45) is 7.92. The van der Waals surface area contributed by atoms with Gasteiger partial charge in [0.05, 0.1) is 12.6 Å². The number of likely N-dealkylation sites (tertiary alicyclic amines) is 1. The maximum atomic E-state index is 11.9. The van der Waals surface area contributed by atoms with Crippen LogP contribution in [0.25, 0.3) is 0 Å². The van der Waals surface area contributed by atoms with Crippen LogP contribution in [-0.4, -0.2) is 76.9 Å². The molecule has 148 valence electrons. The molecule has 1 amide bonds. The Bertz CT molecular complexity index is 639. The molecule has 1 aromatic rings. The Hall–Kier alpha value is -1.93. The Kier molecular flexibility index (Phi) is 5.45. The van der Waals surface area contributed by atoms with Gasteiger partial charge in [0.15, 0.2) is 0 Å². The van der Waals surface area contributed by atoms with E-state index in [1.165, 1.54) is 0 Å². The fourth-order valence-electron chi connectivity index (χ4n) is 4.11. The second-order valence-corrected chi connectivity index (χ2v) is 7.77. The van der Waals surface area contributed by atoms with E-state index in [2.05, 4.69) is 20.2 Å². The average Bonchev–Trinajstić information content (AvgIpc) is 3.31. The number of aromatic nitrogens is 2. The first-order valence-corrected chi connectivity index (χ1v) is 10.0. The number of nitrogens with zero attached hydrogens (tertiary/aromatic N) is 4. The highest BCUT2D eigenvalue weighted by Gasteiger charge is 2.46. The van der Waals surface area contributed by atoms with E-state index >= 15 is 0 Å². The molecule has 0 aromatic carbocycles. The Balaban J connectivity index is 1.24. The molecule has 0 radical (unpaired) electrons. The molecule has 1 spiro atoms. The number of hydrogen-bond acceptors (Lipinski definition) is 7. The van der Waals surface area contributed by atoms with Crippen molar-refractivity contribution in [1.29, 1.82) is 0 Å². The topological polar surface area (TPSA) is 79.8 Å². The first-order valence-electron chi connectivity index (χ1n) is 10.0. The van der Waals surface area contributed by atoms with Gasteiger partial charge in [-0.3, -0.25) is 4.90 Å². The first-order chi connectivity index (χ1) is 13.2. The lowest BCUT2D eigenvalue weighted by Crippen LogP contribution is -2.46. The quantitative estimate of drug-likeness (QED) is 0.813. The summed E-state index contributed by atoms with van der Waals surface area (Å²) in [6, 6.07) is 0. The van der Waals surface area contributed by atoms with Crippen molar-refractivity contribution in [2.24, 2.45) is 0 Å². The molecule has 0 saturated carbocycles. The van der Waals surface area contributed by atoms with Crippen LogP contribution in [0.5, 0.6) is 0 Å². The molecule has 3 aliphatic rings. The molecule has 3 aliphatic heterocycles. The summed E-state index contributed by atoms with van der Waals surface area (Å²) in [6.45, 7) is 7.73. The number of rotatable bonds is 6. The summed E-state index contributed by atoms with van der Waals surface area (Å²) in [5.41, 5.74) is 0.822. The zero-order valence-electron chi connectivity index (χ0n) is 16.0. The van der Waals surface area contributed by atoms with Crippen LogP contribution in [0.2, 0.25) is 0 Å². The highest BCUT2D eigenvalue weighted by atomic mass is 16.6. The molecular formula is C19H29N5O3. The molecule has 4 rings (SSSR count). The van der Waals surface area contributed by atoms with Gasteiger partial charge in [0, 0.05) is 70.1 Å². The molecule has 0 unspecified atom stereocenters. The van der Waals surface area contributed by atoms with Crippen molar-refractivity contribution in [3.05, 3.63) is 18.0 Å². The SMILES string of the molecule is CCN1CC2(CCN(Cc3cnc(NC[C@@H]4CCCO4)nc3)CC2)OC1=O. The third-order valence-corrected chi connectivity index (χ3v) is 5.81. The molecule has 27 heavy (non-hydrogen) atoms. The van der Waals surface area contributed by atoms with Crippen molar-refractivity contribution in [3.63, 3.8) is 0 Å². The summed E-state index contributed by atoms with van der Waals surface area (Å²) in [5.74, 6) is 0.657. The number of nitrogens with one attached hydrogen (secondary N) is 1. The smallest absolute Gasteiger partial charge is 0.410 e. The van der Waals surface area contributed by atoms with Crippen LogP contribution in [0.4, 0.5) is 10.7 Å². The third-order valence-electron chi connectivity index (χ3n) is 5.81. The molecule has 8 nitrogen and oxygen atoms in total. The molecule has 1 N–H and O–H groups in total. The van der Waals surface area contributed by atoms with E-state index in [1.807, 2.05) is 19.3 Å². The van der Waals surface area contributed by atoms with Crippen molar-refractivity contribution in [1.82, 2.24) is 19.8 Å². The Labute approximate surface area is 160 Å². The van der Waals surface area contributed by atoms with Gasteiger partial charge >= 0.3 is 6.09 Å². The van der Waals surface area contributed by atoms with Gasteiger partial charge in [-0.1, -0.05) is 0 Å². The van der Waals surface area contributed by atoms with Crippen molar-refractivity contribution in [3.8, 4) is 0 Å². The summed E-state index contributed by atoms with van der Waals surface area (Å²) >= 11 is 0. The summed E-state index contributed by atoms with van der Waals surface area (Å²) in [4.78, 5) is 24.9. The maximum Gasteiger partial charge on any atom is 0.410 e. The predicted octanol–water partition coefficient (Wildman–Crippen LogP) is 1.87. The summed E-state index contributed by atoms with van der Waals surface area (Å²) in [7, 11) is 0. The van der Waals surface area contributed by atoms with Gasteiger partial charge in [-0.15, -0.1) is 0 Å². The monoisotopic (exact) mass is 375 g/mol. The summed E-state index contributed by atoms with van der Waals surface area (Å²) < 4.78 is 11.3. The van der Waals surface area contributed by atoms with Crippen molar-refractivity contribution < 1.29 is 14.3 Å². The largest absolute Gasteiger partial charge is 0.441 e. The van der Waals surface area contributed by atoms with Gasteiger partial charge in [0.25, 0.3) is 0 Å². The normalized spacial score (nSPS) is 25.1. The van der Waals surface area contributed by atoms with E-state index in [0.29, 0.717) is 5.95 Å². The molecule has 3 saturated heterocycles. The van der Waals surface area contributed by atoms with E-state index in [0.717, 1.165) is 77.1 Å².